The summed E-state index contributed by atoms with van der Waals surface area (Å²) in [6.45, 7) is 4.45. The van der Waals surface area contributed by atoms with Crippen molar-refractivity contribution in [3.8, 4) is 5.75 Å². The molecule has 2 aliphatic rings. The number of rotatable bonds is 3. The Labute approximate surface area is 137 Å². The molecule has 2 atom stereocenters. The summed E-state index contributed by atoms with van der Waals surface area (Å²) in [7, 11) is 1.14. The van der Waals surface area contributed by atoms with Crippen LogP contribution < -0.4 is 10.7 Å². The highest BCUT2D eigenvalue weighted by molar-refractivity contribution is 5.98. The number of fused-ring (bicyclic) bond motifs is 3. The molecular formula is C16H18N2O6. The van der Waals surface area contributed by atoms with Gasteiger partial charge in [-0.2, -0.15) is 0 Å². The maximum absolute atomic E-state index is 12.5. The van der Waals surface area contributed by atoms with E-state index in [4.69, 9.17) is 4.74 Å². The third kappa shape index (κ3) is 2.22. The summed E-state index contributed by atoms with van der Waals surface area (Å²) in [5.41, 5.74) is -2.13. The molecule has 1 saturated heterocycles. The average Bonchev–Trinajstić information content (AvgIpc) is 2.56. The summed E-state index contributed by atoms with van der Waals surface area (Å²) < 4.78 is 11.6. The van der Waals surface area contributed by atoms with Gasteiger partial charge in [-0.15, -0.1) is 6.58 Å². The number of aromatic hydroxyl groups is 1. The molecule has 0 aromatic carbocycles. The number of hydrogen-bond acceptors (Lipinski definition) is 6. The number of nitrogens with zero attached hydrogens (tertiary/aromatic N) is 1. The second-order valence-corrected chi connectivity index (χ2v) is 5.93. The van der Waals surface area contributed by atoms with Crippen LogP contribution in [0.15, 0.2) is 23.6 Å². The number of carbonyl (C=O) groups excluding carboxylic acids is 2. The first kappa shape index (κ1) is 16.3. The van der Waals surface area contributed by atoms with Gasteiger partial charge in [-0.25, -0.2) is 4.79 Å². The van der Waals surface area contributed by atoms with Crippen LogP contribution in [0.2, 0.25) is 0 Å². The lowest BCUT2D eigenvalue weighted by Crippen LogP contribution is -2.63. The van der Waals surface area contributed by atoms with Gasteiger partial charge in [-0.3, -0.25) is 9.59 Å². The van der Waals surface area contributed by atoms with Gasteiger partial charge in [0.15, 0.2) is 11.4 Å². The SMILES string of the molecule is C=CC[C@@]12COCC[C@@H]1n1cc(C(=O)OC)c(=O)c(O)c1C(=O)N2. The van der Waals surface area contributed by atoms with Gasteiger partial charge in [-0.1, -0.05) is 6.08 Å². The van der Waals surface area contributed by atoms with Gasteiger partial charge in [0.2, 0.25) is 5.43 Å². The standard InChI is InChI=1S/C16H18N2O6/c1-3-5-16-8-24-6-4-10(16)18-7-9(15(22)23-2)12(19)13(20)11(18)14(21)17-16/h3,7,10,20H,1,4-6,8H2,2H3,(H,17,21)/t10-,16+/m0/s1. The molecule has 0 saturated carbocycles. The summed E-state index contributed by atoms with van der Waals surface area (Å²) in [5.74, 6) is -2.21. The minimum absolute atomic E-state index is 0.153. The van der Waals surface area contributed by atoms with Crippen molar-refractivity contribution in [1.29, 1.82) is 0 Å². The fourth-order valence-electron chi connectivity index (χ4n) is 3.48. The summed E-state index contributed by atoms with van der Waals surface area (Å²) in [6.07, 6.45) is 3.96. The van der Waals surface area contributed by atoms with Crippen LogP contribution in [0.1, 0.15) is 39.7 Å². The highest BCUT2D eigenvalue weighted by atomic mass is 16.5. The second kappa shape index (κ2) is 5.79. The van der Waals surface area contributed by atoms with Crippen LogP contribution in [0.4, 0.5) is 0 Å². The third-order valence-electron chi connectivity index (χ3n) is 4.57. The minimum Gasteiger partial charge on any atom is -0.503 e. The van der Waals surface area contributed by atoms with Gasteiger partial charge in [0.05, 0.1) is 25.3 Å². The first-order valence-corrected chi connectivity index (χ1v) is 7.52. The predicted octanol–water partition coefficient (Wildman–Crippen LogP) is 0.360. The zero-order chi connectivity index (χ0) is 17.5. The molecule has 1 amide bonds. The number of carbonyl (C=O) groups is 2. The smallest absolute Gasteiger partial charge is 0.343 e. The lowest BCUT2D eigenvalue weighted by Gasteiger charge is -2.48. The van der Waals surface area contributed by atoms with Crippen molar-refractivity contribution >= 4 is 11.9 Å². The molecule has 8 heteroatoms. The molecule has 1 aromatic rings. The molecule has 0 spiro atoms. The van der Waals surface area contributed by atoms with E-state index in [1.54, 1.807) is 6.08 Å². The fourth-order valence-corrected chi connectivity index (χ4v) is 3.48. The number of hydrogen-bond donors (Lipinski definition) is 2. The maximum Gasteiger partial charge on any atom is 0.343 e. The number of esters is 1. The lowest BCUT2D eigenvalue weighted by atomic mass is 9.81. The Morgan fingerprint density at radius 3 is 3.04 bits per heavy atom. The number of ether oxygens (including phenoxy) is 2. The minimum atomic E-state index is -0.925. The first-order chi connectivity index (χ1) is 11.4. The highest BCUT2D eigenvalue weighted by Gasteiger charge is 2.48. The molecule has 2 N–H and O–H groups in total. The van der Waals surface area contributed by atoms with Crippen molar-refractivity contribution < 1.29 is 24.2 Å². The molecule has 3 rings (SSSR count). The van der Waals surface area contributed by atoms with Gasteiger partial charge < -0.3 is 24.5 Å². The van der Waals surface area contributed by atoms with Crippen molar-refractivity contribution in [3.05, 3.63) is 40.3 Å². The first-order valence-electron chi connectivity index (χ1n) is 7.52. The van der Waals surface area contributed by atoms with E-state index >= 15 is 0 Å². The van der Waals surface area contributed by atoms with Crippen molar-refractivity contribution in [3.63, 3.8) is 0 Å². The number of aromatic nitrogens is 1. The van der Waals surface area contributed by atoms with Crippen molar-refractivity contribution in [2.75, 3.05) is 20.3 Å². The quantitative estimate of drug-likeness (QED) is 0.610. The van der Waals surface area contributed by atoms with E-state index in [1.165, 1.54) is 10.8 Å². The van der Waals surface area contributed by atoms with E-state index < -0.39 is 28.6 Å². The monoisotopic (exact) mass is 334 g/mol. The summed E-state index contributed by atoms with van der Waals surface area (Å²) >= 11 is 0. The number of pyridine rings is 1. The van der Waals surface area contributed by atoms with Crippen LogP contribution in [0, 0.1) is 0 Å². The normalized spacial score (nSPS) is 25.2. The highest BCUT2D eigenvalue weighted by Crippen LogP contribution is 2.39. The number of amides is 1. The van der Waals surface area contributed by atoms with E-state index in [2.05, 4.69) is 16.6 Å². The Morgan fingerprint density at radius 1 is 1.62 bits per heavy atom. The van der Waals surface area contributed by atoms with Crippen molar-refractivity contribution in [2.45, 2.75) is 24.4 Å². The maximum atomic E-state index is 12.5. The van der Waals surface area contributed by atoms with E-state index in [1.807, 2.05) is 0 Å². The third-order valence-corrected chi connectivity index (χ3v) is 4.57. The Morgan fingerprint density at radius 2 is 2.38 bits per heavy atom. The summed E-state index contributed by atoms with van der Waals surface area (Å²) in [4.78, 5) is 36.5. The largest absolute Gasteiger partial charge is 0.503 e. The Kier molecular flexibility index (Phi) is 3.92. The number of nitrogens with one attached hydrogen (secondary N) is 1. The van der Waals surface area contributed by atoms with E-state index in [-0.39, 0.29) is 23.9 Å². The zero-order valence-electron chi connectivity index (χ0n) is 13.2. The molecule has 0 aliphatic carbocycles. The number of methoxy groups -OCH3 is 1. The Hall–Kier alpha value is -2.61. The molecule has 128 valence electrons. The molecule has 3 heterocycles. The van der Waals surface area contributed by atoms with Crippen LogP contribution in [0.5, 0.6) is 5.75 Å². The predicted molar refractivity (Wildman–Crippen MR) is 83.2 cm³/mol. The summed E-state index contributed by atoms with van der Waals surface area (Å²) in [6, 6.07) is -0.285. The van der Waals surface area contributed by atoms with Crippen LogP contribution in [-0.4, -0.2) is 47.4 Å². The van der Waals surface area contributed by atoms with Crippen LogP contribution in [-0.2, 0) is 9.47 Å². The van der Waals surface area contributed by atoms with E-state index in [9.17, 15) is 19.5 Å². The molecule has 8 nitrogen and oxygen atoms in total. The van der Waals surface area contributed by atoms with E-state index in [0.717, 1.165) is 7.11 Å². The Balaban J connectivity index is 2.25. The topological polar surface area (TPSA) is 107 Å². The molecular weight excluding hydrogens is 316 g/mol. The summed E-state index contributed by atoms with van der Waals surface area (Å²) in [5, 5.41) is 13.0. The molecule has 0 radical (unpaired) electrons. The molecule has 0 unspecified atom stereocenters. The van der Waals surface area contributed by atoms with Gasteiger partial charge in [0.25, 0.3) is 5.91 Å². The molecule has 1 aromatic heterocycles. The molecule has 0 bridgehead atoms. The zero-order valence-corrected chi connectivity index (χ0v) is 13.2. The van der Waals surface area contributed by atoms with Gasteiger partial charge >= 0.3 is 5.97 Å². The molecule has 24 heavy (non-hydrogen) atoms. The van der Waals surface area contributed by atoms with Crippen molar-refractivity contribution in [2.24, 2.45) is 0 Å². The van der Waals surface area contributed by atoms with Crippen LogP contribution in [0.3, 0.4) is 0 Å². The fraction of sp³-hybridized carbons (Fsp3) is 0.438. The van der Waals surface area contributed by atoms with Gasteiger partial charge in [0.1, 0.15) is 5.56 Å². The Bertz CT molecular complexity index is 784. The average molecular weight is 334 g/mol. The second-order valence-electron chi connectivity index (χ2n) is 5.93. The van der Waals surface area contributed by atoms with E-state index in [0.29, 0.717) is 19.4 Å². The molecule has 1 fully saturated rings. The van der Waals surface area contributed by atoms with Gasteiger partial charge in [0, 0.05) is 12.8 Å². The van der Waals surface area contributed by atoms with Crippen LogP contribution in [0.25, 0.3) is 0 Å². The lowest BCUT2D eigenvalue weighted by molar-refractivity contribution is -0.0196. The van der Waals surface area contributed by atoms with Gasteiger partial charge in [-0.05, 0) is 12.8 Å². The van der Waals surface area contributed by atoms with Crippen molar-refractivity contribution in [1.82, 2.24) is 9.88 Å². The molecule has 2 aliphatic heterocycles. The van der Waals surface area contributed by atoms with Crippen LogP contribution >= 0.6 is 0 Å².